The second-order valence-corrected chi connectivity index (χ2v) is 6.29. The lowest BCUT2D eigenvalue weighted by Gasteiger charge is -2.21. The van der Waals surface area contributed by atoms with E-state index in [0.29, 0.717) is 12.4 Å². The Labute approximate surface area is 84.1 Å². The fourth-order valence-corrected chi connectivity index (χ4v) is 1.61. The molecule has 0 atom stereocenters. The molecule has 0 N–H and O–H groups in total. The van der Waals surface area contributed by atoms with Crippen LogP contribution in [0.4, 0.5) is 0 Å². The van der Waals surface area contributed by atoms with Crippen molar-refractivity contribution in [3.63, 3.8) is 0 Å². The van der Waals surface area contributed by atoms with E-state index >= 15 is 0 Å². The quantitative estimate of drug-likeness (QED) is 0.742. The minimum atomic E-state index is -3.18. The van der Waals surface area contributed by atoms with Crippen molar-refractivity contribution in [2.75, 3.05) is 6.26 Å². The summed E-state index contributed by atoms with van der Waals surface area (Å²) in [6, 6.07) is 0. The molecule has 0 aromatic carbocycles. The highest BCUT2D eigenvalue weighted by Gasteiger charge is 2.36. The molecule has 1 heterocycles. The van der Waals surface area contributed by atoms with E-state index in [9.17, 15) is 8.42 Å². The van der Waals surface area contributed by atoms with Crippen molar-refractivity contribution in [3.8, 4) is 0 Å². The Hall–Kier alpha value is -0.910. The lowest BCUT2D eigenvalue weighted by molar-refractivity contribution is 0.532. The zero-order valence-electron chi connectivity index (χ0n) is 8.85. The first-order valence-corrected chi connectivity index (χ1v) is 6.27. The molecule has 0 saturated heterocycles. The topological polar surface area (TPSA) is 64.8 Å². The van der Waals surface area contributed by atoms with Gasteiger partial charge in [-0.05, 0) is 20.8 Å². The summed E-state index contributed by atoms with van der Waals surface area (Å²) in [6.45, 7) is 5.86. The van der Waals surface area contributed by atoms with Crippen LogP contribution in [-0.2, 0) is 21.1 Å². The molecular formula is C8H15N3O2S. The van der Waals surface area contributed by atoms with E-state index < -0.39 is 14.6 Å². The molecule has 80 valence electrons. The molecule has 14 heavy (non-hydrogen) atoms. The Bertz CT molecular complexity index is 420. The Morgan fingerprint density at radius 1 is 1.50 bits per heavy atom. The first-order valence-electron chi connectivity index (χ1n) is 4.38. The van der Waals surface area contributed by atoms with E-state index in [1.807, 2.05) is 6.92 Å². The van der Waals surface area contributed by atoms with Crippen molar-refractivity contribution in [3.05, 3.63) is 12.2 Å². The molecule has 0 amide bonds. The third-order valence-electron chi connectivity index (χ3n) is 2.42. The number of sulfone groups is 1. The van der Waals surface area contributed by atoms with Gasteiger partial charge in [-0.25, -0.2) is 8.42 Å². The van der Waals surface area contributed by atoms with Crippen molar-refractivity contribution < 1.29 is 8.42 Å². The zero-order chi connectivity index (χ0) is 11.0. The molecule has 0 bridgehead atoms. The van der Waals surface area contributed by atoms with Crippen LogP contribution in [0.25, 0.3) is 0 Å². The van der Waals surface area contributed by atoms with E-state index in [1.165, 1.54) is 6.26 Å². The first kappa shape index (κ1) is 11.2. The Morgan fingerprint density at radius 3 is 2.50 bits per heavy atom. The lowest BCUT2D eigenvalue weighted by Crippen LogP contribution is -2.31. The zero-order valence-corrected chi connectivity index (χ0v) is 9.67. The molecule has 0 aliphatic rings. The van der Waals surface area contributed by atoms with Crippen LogP contribution >= 0.6 is 0 Å². The number of rotatable bonds is 3. The highest BCUT2D eigenvalue weighted by atomic mass is 32.2. The third kappa shape index (κ3) is 1.66. The maximum absolute atomic E-state index is 11.5. The molecule has 0 spiro atoms. The summed E-state index contributed by atoms with van der Waals surface area (Å²) in [7, 11) is -3.18. The van der Waals surface area contributed by atoms with Crippen molar-refractivity contribution in [2.45, 2.75) is 32.1 Å². The van der Waals surface area contributed by atoms with E-state index in [0.717, 1.165) is 0 Å². The summed E-state index contributed by atoms with van der Waals surface area (Å²) in [4.78, 5) is 0. The second kappa shape index (κ2) is 3.34. The molecule has 5 nitrogen and oxygen atoms in total. The molecule has 0 radical (unpaired) electrons. The van der Waals surface area contributed by atoms with Gasteiger partial charge in [0, 0.05) is 12.8 Å². The van der Waals surface area contributed by atoms with Gasteiger partial charge >= 0.3 is 0 Å². The maximum atomic E-state index is 11.5. The summed E-state index contributed by atoms with van der Waals surface area (Å²) in [5, 5.41) is 7.58. The highest BCUT2D eigenvalue weighted by Crippen LogP contribution is 2.26. The van der Waals surface area contributed by atoms with Gasteiger partial charge in [-0.15, -0.1) is 10.2 Å². The van der Waals surface area contributed by atoms with Crippen molar-refractivity contribution >= 4 is 9.84 Å². The third-order valence-corrected chi connectivity index (χ3v) is 4.46. The Kier molecular flexibility index (Phi) is 2.67. The summed E-state index contributed by atoms with van der Waals surface area (Å²) in [6.07, 6.45) is 2.75. The summed E-state index contributed by atoms with van der Waals surface area (Å²) >= 11 is 0. The molecule has 1 aromatic rings. The van der Waals surface area contributed by atoms with Gasteiger partial charge in [0.25, 0.3) is 0 Å². The van der Waals surface area contributed by atoms with Gasteiger partial charge in [0.2, 0.25) is 0 Å². The molecule has 0 unspecified atom stereocenters. The monoisotopic (exact) mass is 217 g/mol. The minimum absolute atomic E-state index is 0.488. The molecule has 6 heteroatoms. The lowest BCUT2D eigenvalue weighted by atomic mass is 10.2. The molecule has 1 aromatic heterocycles. The number of nitrogens with zero attached hydrogens (tertiary/aromatic N) is 3. The average Bonchev–Trinajstić information content (AvgIpc) is 2.49. The first-order chi connectivity index (χ1) is 6.30. The Balaban J connectivity index is 3.30. The van der Waals surface area contributed by atoms with E-state index in [-0.39, 0.29) is 0 Å². The fourth-order valence-electron chi connectivity index (χ4n) is 1.12. The number of hydrogen-bond donors (Lipinski definition) is 0. The van der Waals surface area contributed by atoms with Gasteiger partial charge in [0.15, 0.2) is 15.7 Å². The van der Waals surface area contributed by atoms with E-state index in [2.05, 4.69) is 10.2 Å². The van der Waals surface area contributed by atoms with Crippen molar-refractivity contribution in [2.24, 2.45) is 0 Å². The van der Waals surface area contributed by atoms with Crippen LogP contribution in [0.2, 0.25) is 0 Å². The van der Waals surface area contributed by atoms with Crippen LogP contribution in [0.1, 0.15) is 26.6 Å². The minimum Gasteiger partial charge on any atom is -0.317 e. The van der Waals surface area contributed by atoms with E-state index in [4.69, 9.17) is 0 Å². The van der Waals surface area contributed by atoms with Crippen LogP contribution in [-0.4, -0.2) is 29.4 Å². The smallest absolute Gasteiger partial charge is 0.159 e. The van der Waals surface area contributed by atoms with Gasteiger partial charge in [-0.1, -0.05) is 0 Å². The van der Waals surface area contributed by atoms with Crippen molar-refractivity contribution in [1.82, 2.24) is 14.8 Å². The SMILES string of the molecule is CCn1cnnc1C(C)(C)S(C)(=O)=O. The number of hydrogen-bond acceptors (Lipinski definition) is 4. The highest BCUT2D eigenvalue weighted by molar-refractivity contribution is 7.91. The van der Waals surface area contributed by atoms with Crippen LogP contribution in [0.5, 0.6) is 0 Å². The number of aromatic nitrogens is 3. The van der Waals surface area contributed by atoms with Gasteiger partial charge in [0.05, 0.1) is 0 Å². The number of aryl methyl sites for hydroxylation is 1. The summed E-state index contributed by atoms with van der Waals surface area (Å²) in [5.74, 6) is 0.488. The predicted octanol–water partition coefficient (Wildman–Crippen LogP) is 0.578. The van der Waals surface area contributed by atoms with E-state index in [1.54, 1.807) is 24.7 Å². The Morgan fingerprint density at radius 2 is 2.07 bits per heavy atom. The fraction of sp³-hybridized carbons (Fsp3) is 0.750. The predicted molar refractivity (Wildman–Crippen MR) is 53.6 cm³/mol. The van der Waals surface area contributed by atoms with Crippen molar-refractivity contribution in [1.29, 1.82) is 0 Å². The summed E-state index contributed by atoms with van der Waals surface area (Å²) < 4.78 is 23.8. The molecule has 0 saturated carbocycles. The normalized spacial score (nSPS) is 13.1. The molecule has 0 aliphatic carbocycles. The molecule has 0 aliphatic heterocycles. The largest absolute Gasteiger partial charge is 0.317 e. The maximum Gasteiger partial charge on any atom is 0.159 e. The molecular weight excluding hydrogens is 202 g/mol. The van der Waals surface area contributed by atoms with Gasteiger partial charge in [-0.2, -0.15) is 0 Å². The van der Waals surface area contributed by atoms with Gasteiger partial charge in [-0.3, -0.25) is 0 Å². The van der Waals surface area contributed by atoms with Crippen LogP contribution < -0.4 is 0 Å². The van der Waals surface area contributed by atoms with Gasteiger partial charge < -0.3 is 4.57 Å². The average molecular weight is 217 g/mol. The molecule has 1 rings (SSSR count). The van der Waals surface area contributed by atoms with Crippen LogP contribution in [0.15, 0.2) is 6.33 Å². The van der Waals surface area contributed by atoms with Crippen LogP contribution in [0.3, 0.4) is 0 Å². The summed E-state index contributed by atoms with van der Waals surface area (Å²) in [5.41, 5.74) is 0. The molecule has 0 fully saturated rings. The standard InChI is InChI=1S/C8H15N3O2S/c1-5-11-6-9-10-7(11)8(2,3)14(4,12)13/h6H,5H2,1-4H3. The van der Waals surface area contributed by atoms with Crippen LogP contribution in [0, 0.1) is 0 Å². The van der Waals surface area contributed by atoms with Gasteiger partial charge in [0.1, 0.15) is 11.1 Å². The second-order valence-electron chi connectivity index (χ2n) is 3.72.